The molecule has 5 N–H and O–H groups in total. The van der Waals surface area contributed by atoms with E-state index in [1.54, 1.807) is 12.1 Å². The summed E-state index contributed by atoms with van der Waals surface area (Å²) in [5.74, 6) is -0.929. The van der Waals surface area contributed by atoms with E-state index < -0.39 is 17.8 Å². The Morgan fingerprint density at radius 3 is 2.79 bits per heavy atom. The van der Waals surface area contributed by atoms with Crippen molar-refractivity contribution in [3.63, 3.8) is 0 Å². The summed E-state index contributed by atoms with van der Waals surface area (Å²) >= 11 is 0. The Bertz CT molecular complexity index is 709. The lowest BCUT2D eigenvalue weighted by atomic mass is 10.1. The van der Waals surface area contributed by atoms with Gasteiger partial charge in [0.2, 0.25) is 0 Å². The zero-order chi connectivity index (χ0) is 17.5. The minimum atomic E-state index is -1.01. The number of carbonyl (C=O) groups excluding carboxylic acids is 1. The molecule has 7 heteroatoms. The Balaban J connectivity index is 2.05. The van der Waals surface area contributed by atoms with Crippen LogP contribution in [-0.4, -0.2) is 35.8 Å². The fraction of sp³-hybridized carbons (Fsp3) is 0.235. The minimum Gasteiger partial charge on any atom is -0.508 e. The van der Waals surface area contributed by atoms with Gasteiger partial charge in [-0.25, -0.2) is 4.39 Å². The van der Waals surface area contributed by atoms with Gasteiger partial charge in [-0.1, -0.05) is 12.1 Å². The molecular weight excluding hydrogens is 315 g/mol. The van der Waals surface area contributed by atoms with E-state index in [-0.39, 0.29) is 36.8 Å². The van der Waals surface area contributed by atoms with Crippen molar-refractivity contribution in [3.8, 4) is 11.5 Å². The van der Waals surface area contributed by atoms with Gasteiger partial charge in [0.05, 0.1) is 11.7 Å². The third-order valence-electron chi connectivity index (χ3n) is 3.27. The average molecular weight is 334 g/mol. The lowest BCUT2D eigenvalue weighted by Crippen LogP contribution is -2.29. The van der Waals surface area contributed by atoms with Crippen LogP contribution in [0.3, 0.4) is 0 Å². The second-order valence-electron chi connectivity index (χ2n) is 5.10. The summed E-state index contributed by atoms with van der Waals surface area (Å²) in [5.41, 5.74) is 5.83. The number of carbonyl (C=O) groups is 1. The van der Waals surface area contributed by atoms with Crippen molar-refractivity contribution in [1.82, 2.24) is 5.32 Å². The molecule has 1 amide bonds. The van der Waals surface area contributed by atoms with E-state index >= 15 is 0 Å². The summed E-state index contributed by atoms with van der Waals surface area (Å²) in [5, 5.41) is 22.0. The molecule has 128 valence electrons. The third-order valence-corrected chi connectivity index (χ3v) is 3.27. The molecule has 0 saturated carbocycles. The number of nitrogens with two attached hydrogens (primary N) is 1. The van der Waals surface area contributed by atoms with E-state index in [1.165, 1.54) is 24.3 Å². The van der Waals surface area contributed by atoms with Crippen molar-refractivity contribution >= 4 is 5.91 Å². The van der Waals surface area contributed by atoms with Crippen LogP contribution in [0.4, 0.5) is 4.39 Å². The fourth-order valence-electron chi connectivity index (χ4n) is 2.11. The molecule has 1 unspecified atom stereocenters. The molecule has 0 heterocycles. The minimum absolute atomic E-state index is 0.0143. The number of aliphatic hydroxyl groups is 1. The Morgan fingerprint density at radius 2 is 2.08 bits per heavy atom. The van der Waals surface area contributed by atoms with Crippen LogP contribution in [0.25, 0.3) is 0 Å². The van der Waals surface area contributed by atoms with Gasteiger partial charge in [0, 0.05) is 13.1 Å². The molecule has 2 aromatic carbocycles. The molecule has 0 spiro atoms. The van der Waals surface area contributed by atoms with E-state index in [9.17, 15) is 19.4 Å². The molecule has 1 atom stereocenters. The van der Waals surface area contributed by atoms with Crippen LogP contribution in [-0.2, 0) is 0 Å². The van der Waals surface area contributed by atoms with Crippen molar-refractivity contribution in [2.24, 2.45) is 5.73 Å². The van der Waals surface area contributed by atoms with Crippen LogP contribution in [0.5, 0.6) is 11.5 Å². The molecule has 0 aliphatic rings. The van der Waals surface area contributed by atoms with Gasteiger partial charge in [-0.2, -0.15) is 0 Å². The molecule has 24 heavy (non-hydrogen) atoms. The molecule has 6 nitrogen and oxygen atoms in total. The summed E-state index contributed by atoms with van der Waals surface area (Å²) in [7, 11) is 0. The third kappa shape index (κ3) is 4.68. The predicted molar refractivity (Wildman–Crippen MR) is 86.3 cm³/mol. The number of nitrogens with one attached hydrogen (secondary N) is 1. The molecule has 0 saturated heterocycles. The van der Waals surface area contributed by atoms with E-state index in [2.05, 4.69) is 5.32 Å². The summed E-state index contributed by atoms with van der Waals surface area (Å²) < 4.78 is 18.7. The molecule has 2 aromatic rings. The second-order valence-corrected chi connectivity index (χ2v) is 5.10. The van der Waals surface area contributed by atoms with E-state index in [0.717, 1.165) is 6.07 Å². The molecule has 0 aromatic heterocycles. The monoisotopic (exact) mass is 334 g/mol. The molecule has 0 aliphatic heterocycles. The SMILES string of the molecule is NCCOc1ccc(F)cc1C(=O)NCC(O)c1cccc(O)c1. The first kappa shape index (κ1) is 17.7. The fourth-order valence-corrected chi connectivity index (χ4v) is 2.11. The Morgan fingerprint density at radius 1 is 1.29 bits per heavy atom. The number of ether oxygens (including phenoxy) is 1. The predicted octanol–water partition coefficient (Wildman–Crippen LogP) is 1.33. The maximum Gasteiger partial charge on any atom is 0.255 e. The number of halogens is 1. The van der Waals surface area contributed by atoms with Crippen LogP contribution in [0, 0.1) is 5.82 Å². The average Bonchev–Trinajstić information content (AvgIpc) is 2.58. The maximum absolute atomic E-state index is 13.4. The largest absolute Gasteiger partial charge is 0.508 e. The number of aromatic hydroxyl groups is 1. The molecule has 0 radical (unpaired) electrons. The molecular formula is C17H19FN2O4. The van der Waals surface area contributed by atoms with Gasteiger partial charge < -0.3 is 26.0 Å². The highest BCUT2D eigenvalue weighted by molar-refractivity contribution is 5.96. The first-order valence-electron chi connectivity index (χ1n) is 7.39. The summed E-state index contributed by atoms with van der Waals surface area (Å²) in [4.78, 5) is 12.2. The second kappa shape index (κ2) is 8.28. The number of phenols is 1. The first-order chi connectivity index (χ1) is 11.5. The molecule has 2 rings (SSSR count). The van der Waals surface area contributed by atoms with Crippen LogP contribution >= 0.6 is 0 Å². The van der Waals surface area contributed by atoms with E-state index in [0.29, 0.717) is 5.56 Å². The van der Waals surface area contributed by atoms with Gasteiger partial charge in [0.1, 0.15) is 23.9 Å². The van der Waals surface area contributed by atoms with Crippen molar-refractivity contribution in [3.05, 3.63) is 59.4 Å². The topological polar surface area (TPSA) is 105 Å². The number of hydrogen-bond acceptors (Lipinski definition) is 5. The number of benzene rings is 2. The maximum atomic E-state index is 13.4. The lowest BCUT2D eigenvalue weighted by Gasteiger charge is -2.14. The highest BCUT2D eigenvalue weighted by atomic mass is 19.1. The van der Waals surface area contributed by atoms with Crippen LogP contribution in [0.2, 0.25) is 0 Å². The lowest BCUT2D eigenvalue weighted by molar-refractivity contribution is 0.0912. The van der Waals surface area contributed by atoms with Crippen LogP contribution < -0.4 is 15.8 Å². The number of phenolic OH excluding ortho intramolecular Hbond substituents is 1. The highest BCUT2D eigenvalue weighted by Crippen LogP contribution is 2.21. The first-order valence-corrected chi connectivity index (χ1v) is 7.39. The summed E-state index contributed by atoms with van der Waals surface area (Å²) in [6.45, 7) is 0.349. The molecule has 0 bridgehead atoms. The highest BCUT2D eigenvalue weighted by Gasteiger charge is 2.16. The molecule has 0 fully saturated rings. The zero-order valence-corrected chi connectivity index (χ0v) is 12.9. The van der Waals surface area contributed by atoms with Gasteiger partial charge in [-0.3, -0.25) is 4.79 Å². The molecule has 0 aliphatic carbocycles. The van der Waals surface area contributed by atoms with Gasteiger partial charge in [0.25, 0.3) is 5.91 Å². The van der Waals surface area contributed by atoms with E-state index in [1.807, 2.05) is 0 Å². The Labute approximate surface area is 138 Å². The summed E-state index contributed by atoms with van der Waals surface area (Å²) in [6, 6.07) is 9.67. The smallest absolute Gasteiger partial charge is 0.255 e. The number of amides is 1. The van der Waals surface area contributed by atoms with Gasteiger partial charge in [-0.15, -0.1) is 0 Å². The Kier molecular flexibility index (Phi) is 6.11. The van der Waals surface area contributed by atoms with Gasteiger partial charge in [-0.05, 0) is 35.9 Å². The van der Waals surface area contributed by atoms with Crippen molar-refractivity contribution in [2.45, 2.75) is 6.10 Å². The zero-order valence-electron chi connectivity index (χ0n) is 12.9. The number of rotatable bonds is 7. The normalized spacial score (nSPS) is 11.8. The number of hydrogen-bond donors (Lipinski definition) is 4. The van der Waals surface area contributed by atoms with Crippen molar-refractivity contribution in [1.29, 1.82) is 0 Å². The summed E-state index contributed by atoms with van der Waals surface area (Å²) in [6.07, 6.45) is -1.01. The van der Waals surface area contributed by atoms with Crippen molar-refractivity contribution in [2.75, 3.05) is 19.7 Å². The van der Waals surface area contributed by atoms with Crippen LogP contribution in [0.15, 0.2) is 42.5 Å². The standard InChI is InChI=1S/C17H19FN2O4/c18-12-4-5-16(24-7-6-19)14(9-12)17(23)20-10-15(22)11-2-1-3-13(21)8-11/h1-5,8-9,15,21-22H,6-7,10,19H2,(H,20,23). The van der Waals surface area contributed by atoms with Crippen LogP contribution in [0.1, 0.15) is 22.0 Å². The number of aliphatic hydroxyl groups excluding tert-OH is 1. The van der Waals surface area contributed by atoms with Gasteiger partial charge in [0.15, 0.2) is 0 Å². The quantitative estimate of drug-likeness (QED) is 0.611. The van der Waals surface area contributed by atoms with Gasteiger partial charge >= 0.3 is 0 Å². The van der Waals surface area contributed by atoms with E-state index in [4.69, 9.17) is 10.5 Å². The Hall–Kier alpha value is -2.64. The van der Waals surface area contributed by atoms with Crippen molar-refractivity contribution < 1.29 is 24.1 Å².